The lowest BCUT2D eigenvalue weighted by Gasteiger charge is -2.18. The van der Waals surface area contributed by atoms with Crippen LogP contribution in [0.3, 0.4) is 0 Å². The number of rotatable bonds is 1. The van der Waals surface area contributed by atoms with Crippen LogP contribution in [0.1, 0.15) is 33.3 Å². The lowest BCUT2D eigenvalue weighted by atomic mass is 10.1. The molecule has 2 aliphatic rings. The molecule has 0 spiro atoms. The normalized spacial score (nSPS) is 21.2. The Morgan fingerprint density at radius 1 is 0.889 bits per heavy atom. The van der Waals surface area contributed by atoms with E-state index in [1.807, 2.05) is 27.7 Å². The summed E-state index contributed by atoms with van der Waals surface area (Å²) >= 11 is 0. The van der Waals surface area contributed by atoms with Crippen molar-refractivity contribution in [2.24, 2.45) is 0 Å². The van der Waals surface area contributed by atoms with Crippen LogP contribution in [0.4, 0.5) is 0 Å². The summed E-state index contributed by atoms with van der Waals surface area (Å²) < 4.78 is 22.7. The van der Waals surface area contributed by atoms with Crippen molar-refractivity contribution < 1.29 is 24.1 Å². The Kier molecular flexibility index (Phi) is 2.06. The van der Waals surface area contributed by atoms with Gasteiger partial charge in [0.05, 0.1) is 12.2 Å². The molecule has 0 atom stereocenters. The van der Waals surface area contributed by atoms with Crippen molar-refractivity contribution in [1.29, 1.82) is 0 Å². The van der Waals surface area contributed by atoms with E-state index < -0.39 is 11.6 Å². The Hall–Kier alpha value is -1.62. The average molecular weight is 252 g/mol. The summed E-state index contributed by atoms with van der Waals surface area (Å²) in [6.07, 6.45) is 0. The minimum Gasteiger partial charge on any atom is -0.449 e. The first-order valence-electron chi connectivity index (χ1n) is 5.88. The zero-order valence-corrected chi connectivity index (χ0v) is 10.9. The van der Waals surface area contributed by atoms with Gasteiger partial charge in [-0.15, -0.1) is 0 Å². The van der Waals surface area contributed by atoms with Gasteiger partial charge in [0.2, 0.25) is 11.6 Å². The van der Waals surface area contributed by atoms with Crippen LogP contribution in [-0.2, 0) is 6.61 Å². The van der Waals surface area contributed by atoms with Gasteiger partial charge in [-0.2, -0.15) is 0 Å². The topological polar surface area (TPSA) is 57.2 Å². The first-order chi connectivity index (χ1) is 8.31. The maximum Gasteiger partial charge on any atom is 0.246 e. The average Bonchev–Trinajstić information content (AvgIpc) is 2.67. The highest BCUT2D eigenvalue weighted by Gasteiger charge is 2.41. The summed E-state index contributed by atoms with van der Waals surface area (Å²) in [6.45, 7) is 7.05. The minimum absolute atomic E-state index is 0.190. The molecule has 0 aromatic heterocycles. The summed E-state index contributed by atoms with van der Waals surface area (Å²) in [5.41, 5.74) is 0.568. The molecule has 1 aromatic rings. The van der Waals surface area contributed by atoms with E-state index in [-0.39, 0.29) is 6.61 Å². The third-order valence-electron chi connectivity index (χ3n) is 2.82. The van der Waals surface area contributed by atoms with Gasteiger partial charge >= 0.3 is 0 Å². The Morgan fingerprint density at radius 2 is 1.33 bits per heavy atom. The van der Waals surface area contributed by atoms with Gasteiger partial charge in [0.15, 0.2) is 23.0 Å². The Labute approximate surface area is 105 Å². The maximum absolute atomic E-state index is 9.54. The van der Waals surface area contributed by atoms with Gasteiger partial charge in [-0.05, 0) is 0 Å². The van der Waals surface area contributed by atoms with Crippen LogP contribution in [0.25, 0.3) is 0 Å². The molecular formula is C13H16O5. The van der Waals surface area contributed by atoms with E-state index in [0.29, 0.717) is 28.6 Å². The first-order valence-corrected chi connectivity index (χ1v) is 5.88. The SMILES string of the molecule is CC1(C)Oc2cc3c(c(CO)c2O1)OC(C)(C)O3. The first kappa shape index (κ1) is 11.5. The second-order valence-corrected chi connectivity index (χ2v) is 5.38. The molecule has 98 valence electrons. The second kappa shape index (κ2) is 3.23. The van der Waals surface area contributed by atoms with Gasteiger partial charge in [-0.25, -0.2) is 0 Å². The molecule has 0 aliphatic carbocycles. The number of benzene rings is 1. The molecule has 2 aliphatic heterocycles. The van der Waals surface area contributed by atoms with Crippen molar-refractivity contribution in [3.05, 3.63) is 11.6 Å². The molecule has 0 bridgehead atoms. The van der Waals surface area contributed by atoms with Crippen LogP contribution < -0.4 is 18.9 Å². The Morgan fingerprint density at radius 3 is 1.72 bits per heavy atom. The van der Waals surface area contributed by atoms with E-state index in [4.69, 9.17) is 18.9 Å². The highest BCUT2D eigenvalue weighted by molar-refractivity contribution is 5.63. The molecule has 5 heteroatoms. The molecule has 1 aromatic carbocycles. The number of aliphatic hydroxyl groups excluding tert-OH is 1. The van der Waals surface area contributed by atoms with Crippen molar-refractivity contribution in [3.8, 4) is 23.0 Å². The molecular weight excluding hydrogens is 236 g/mol. The molecule has 0 fully saturated rings. The van der Waals surface area contributed by atoms with Crippen molar-refractivity contribution in [2.45, 2.75) is 45.9 Å². The monoisotopic (exact) mass is 252 g/mol. The number of hydrogen-bond acceptors (Lipinski definition) is 5. The van der Waals surface area contributed by atoms with E-state index in [1.54, 1.807) is 6.07 Å². The van der Waals surface area contributed by atoms with Gasteiger partial charge in [-0.3, -0.25) is 0 Å². The smallest absolute Gasteiger partial charge is 0.246 e. The lowest BCUT2D eigenvalue weighted by molar-refractivity contribution is -0.0493. The van der Waals surface area contributed by atoms with Gasteiger partial charge in [0.25, 0.3) is 0 Å². The summed E-state index contributed by atoms with van der Waals surface area (Å²) in [5, 5.41) is 9.54. The van der Waals surface area contributed by atoms with Gasteiger partial charge in [0, 0.05) is 33.8 Å². The van der Waals surface area contributed by atoms with Crippen molar-refractivity contribution in [2.75, 3.05) is 0 Å². The van der Waals surface area contributed by atoms with E-state index in [0.717, 1.165) is 0 Å². The van der Waals surface area contributed by atoms with Crippen LogP contribution in [0.5, 0.6) is 23.0 Å². The number of aliphatic hydroxyl groups is 1. The predicted octanol–water partition coefficient (Wildman–Crippen LogP) is 2.19. The number of fused-ring (bicyclic) bond motifs is 2. The molecule has 0 unspecified atom stereocenters. The number of ether oxygens (including phenoxy) is 4. The third-order valence-corrected chi connectivity index (χ3v) is 2.82. The highest BCUT2D eigenvalue weighted by atomic mass is 16.7. The van der Waals surface area contributed by atoms with E-state index in [9.17, 15) is 5.11 Å². The van der Waals surface area contributed by atoms with Gasteiger partial charge in [-0.1, -0.05) is 0 Å². The molecule has 0 radical (unpaired) electrons. The van der Waals surface area contributed by atoms with Crippen molar-refractivity contribution >= 4 is 0 Å². The van der Waals surface area contributed by atoms with Crippen LogP contribution in [-0.4, -0.2) is 16.7 Å². The Balaban J connectivity index is 2.14. The van der Waals surface area contributed by atoms with Crippen LogP contribution in [0.15, 0.2) is 6.07 Å². The minimum atomic E-state index is -0.739. The fraction of sp³-hybridized carbons (Fsp3) is 0.538. The molecule has 0 saturated carbocycles. The molecule has 3 rings (SSSR count). The summed E-state index contributed by atoms with van der Waals surface area (Å²) in [5.74, 6) is 0.728. The third kappa shape index (κ3) is 1.58. The predicted molar refractivity (Wildman–Crippen MR) is 63.0 cm³/mol. The van der Waals surface area contributed by atoms with Crippen molar-refractivity contribution in [1.82, 2.24) is 0 Å². The fourth-order valence-corrected chi connectivity index (χ4v) is 2.23. The van der Waals surface area contributed by atoms with Gasteiger partial charge < -0.3 is 24.1 Å². The lowest BCUT2D eigenvalue weighted by Crippen LogP contribution is -2.30. The van der Waals surface area contributed by atoms with Crippen LogP contribution in [0, 0.1) is 0 Å². The van der Waals surface area contributed by atoms with E-state index >= 15 is 0 Å². The standard InChI is InChI=1S/C13H16O5/c1-12(2)15-8-5-9-11(18-13(3,4)16-9)7(6-14)10(8)17-12/h5,14H,6H2,1-4H3. The zero-order valence-electron chi connectivity index (χ0n) is 10.9. The molecule has 0 saturated heterocycles. The Bertz CT molecular complexity index is 476. The maximum atomic E-state index is 9.54. The summed E-state index contributed by atoms with van der Waals surface area (Å²) in [7, 11) is 0. The second-order valence-electron chi connectivity index (χ2n) is 5.38. The highest BCUT2D eigenvalue weighted by Crippen LogP contribution is 2.53. The van der Waals surface area contributed by atoms with Crippen LogP contribution >= 0.6 is 0 Å². The largest absolute Gasteiger partial charge is 0.449 e. The van der Waals surface area contributed by atoms with E-state index in [2.05, 4.69) is 0 Å². The van der Waals surface area contributed by atoms with E-state index in [1.165, 1.54) is 0 Å². The molecule has 1 N–H and O–H groups in total. The van der Waals surface area contributed by atoms with Crippen molar-refractivity contribution in [3.63, 3.8) is 0 Å². The summed E-state index contributed by atoms with van der Waals surface area (Å²) in [6, 6.07) is 1.74. The van der Waals surface area contributed by atoms with Crippen LogP contribution in [0.2, 0.25) is 0 Å². The number of hydrogen-bond donors (Lipinski definition) is 1. The molecule has 0 amide bonds. The molecule has 18 heavy (non-hydrogen) atoms. The zero-order chi connectivity index (χ0) is 13.1. The molecule has 2 heterocycles. The van der Waals surface area contributed by atoms with Gasteiger partial charge in [0.1, 0.15) is 0 Å². The molecule has 5 nitrogen and oxygen atoms in total. The quantitative estimate of drug-likeness (QED) is 0.830. The fourth-order valence-electron chi connectivity index (χ4n) is 2.23. The summed E-state index contributed by atoms with van der Waals surface area (Å²) in [4.78, 5) is 0.